The first kappa shape index (κ1) is 38.5. The zero-order chi connectivity index (χ0) is 34.4. The SMILES string of the molecule is COC[C@H]1[C@H](c2ccc(Cl)c(Cl)c2)C[C@H]2CC[C@@]1(OC(=O)C(O)C(O)C(=O)O[C@@]13CC[C@H](C[C@@H](c4ccc(Cl)c(Cl)c4)[C@@H]1COC)N3)N2.O. The minimum atomic E-state index is -2.20. The summed E-state index contributed by atoms with van der Waals surface area (Å²) in [5, 5.41) is 30.6. The van der Waals surface area contributed by atoms with Gasteiger partial charge in [-0.15, -0.1) is 0 Å². The maximum absolute atomic E-state index is 13.5. The van der Waals surface area contributed by atoms with Gasteiger partial charge in [-0.25, -0.2) is 9.59 Å². The number of methoxy groups -OCH3 is 2. The number of esters is 2. The van der Waals surface area contributed by atoms with Crippen LogP contribution in [-0.2, 0) is 28.5 Å². The van der Waals surface area contributed by atoms with Gasteiger partial charge in [0.25, 0.3) is 0 Å². The second-order valence-electron chi connectivity index (χ2n) is 13.4. The molecule has 0 aromatic heterocycles. The molecule has 0 spiro atoms. The molecule has 0 saturated carbocycles. The van der Waals surface area contributed by atoms with Crippen molar-refractivity contribution in [3.63, 3.8) is 0 Å². The molecule has 270 valence electrons. The number of carbonyl (C=O) groups is 2. The van der Waals surface area contributed by atoms with E-state index in [0.717, 1.165) is 24.0 Å². The van der Waals surface area contributed by atoms with Crippen molar-refractivity contribution >= 4 is 58.3 Å². The normalized spacial score (nSPS) is 33.0. The van der Waals surface area contributed by atoms with E-state index in [1.54, 1.807) is 38.5 Å². The fourth-order valence-corrected chi connectivity index (χ4v) is 9.03. The lowest BCUT2D eigenvalue weighted by molar-refractivity contribution is -0.205. The number of hydrogen-bond donors (Lipinski definition) is 4. The van der Waals surface area contributed by atoms with Crippen molar-refractivity contribution < 1.29 is 44.2 Å². The van der Waals surface area contributed by atoms with Gasteiger partial charge < -0.3 is 34.6 Å². The molecule has 0 aliphatic carbocycles. The van der Waals surface area contributed by atoms with Gasteiger partial charge in [0.05, 0.1) is 33.3 Å². The van der Waals surface area contributed by atoms with E-state index in [0.29, 0.717) is 45.8 Å². The Kier molecular flexibility index (Phi) is 12.2. The maximum atomic E-state index is 13.5. The van der Waals surface area contributed by atoms with Crippen LogP contribution in [-0.4, -0.2) is 90.8 Å². The number of hydrogen-bond acceptors (Lipinski definition) is 10. The fourth-order valence-electron chi connectivity index (χ4n) is 8.42. The lowest BCUT2D eigenvalue weighted by Crippen LogP contribution is -2.62. The number of aliphatic hydroxyl groups is 2. The molecule has 4 fully saturated rings. The molecular weight excluding hydrogens is 722 g/mol. The molecule has 15 heteroatoms. The highest BCUT2D eigenvalue weighted by atomic mass is 35.5. The van der Waals surface area contributed by atoms with E-state index in [2.05, 4.69) is 10.6 Å². The average molecular weight is 765 g/mol. The molecule has 2 aromatic rings. The van der Waals surface area contributed by atoms with Crippen molar-refractivity contribution in [1.82, 2.24) is 10.6 Å². The van der Waals surface area contributed by atoms with Gasteiger partial charge in [0.15, 0.2) is 23.7 Å². The monoisotopic (exact) mass is 762 g/mol. The molecule has 2 unspecified atom stereocenters. The molecule has 4 saturated heterocycles. The van der Waals surface area contributed by atoms with E-state index in [9.17, 15) is 19.8 Å². The van der Waals surface area contributed by atoms with Gasteiger partial charge in [-0.05, 0) is 72.9 Å². The molecule has 4 aliphatic rings. The number of benzene rings is 2. The molecule has 10 atom stereocenters. The predicted molar refractivity (Wildman–Crippen MR) is 184 cm³/mol. The average Bonchev–Trinajstić information content (AvgIpc) is 3.59. The van der Waals surface area contributed by atoms with E-state index in [-0.39, 0.29) is 54.4 Å². The topological polar surface area (TPSA) is 167 Å². The number of fused-ring (bicyclic) bond motifs is 4. The first-order chi connectivity index (χ1) is 22.9. The first-order valence-electron chi connectivity index (χ1n) is 16.1. The van der Waals surface area contributed by atoms with Crippen molar-refractivity contribution in [2.45, 2.75) is 86.1 Å². The van der Waals surface area contributed by atoms with Crippen LogP contribution in [0, 0.1) is 11.8 Å². The number of nitrogens with one attached hydrogen (secondary N) is 2. The number of carbonyl (C=O) groups excluding carboxylic acids is 2. The van der Waals surface area contributed by atoms with Crippen molar-refractivity contribution in [2.24, 2.45) is 11.8 Å². The van der Waals surface area contributed by atoms with Crippen LogP contribution < -0.4 is 10.6 Å². The Hall–Kier alpha value is -1.74. The summed E-state index contributed by atoms with van der Waals surface area (Å²) in [7, 11) is 3.12. The van der Waals surface area contributed by atoms with Crippen molar-refractivity contribution in [3.05, 3.63) is 67.6 Å². The van der Waals surface area contributed by atoms with Crippen LogP contribution in [0.25, 0.3) is 0 Å². The molecule has 6 N–H and O–H groups in total. The third-order valence-electron chi connectivity index (χ3n) is 10.7. The van der Waals surface area contributed by atoms with E-state index in [1.807, 2.05) is 12.1 Å². The molecule has 49 heavy (non-hydrogen) atoms. The zero-order valence-electron chi connectivity index (χ0n) is 27.1. The van der Waals surface area contributed by atoms with E-state index in [1.165, 1.54) is 0 Å². The number of aliphatic hydroxyl groups excluding tert-OH is 2. The number of piperidine rings is 2. The summed E-state index contributed by atoms with van der Waals surface area (Å²) >= 11 is 25.1. The summed E-state index contributed by atoms with van der Waals surface area (Å²) < 4.78 is 23.2. The first-order valence-corrected chi connectivity index (χ1v) is 17.7. The van der Waals surface area contributed by atoms with Gasteiger partial charge >= 0.3 is 11.9 Å². The molecule has 0 amide bonds. The third-order valence-corrected chi connectivity index (χ3v) is 12.1. The lowest BCUT2D eigenvalue weighted by Gasteiger charge is -2.46. The van der Waals surface area contributed by atoms with Gasteiger partial charge in [-0.2, -0.15) is 0 Å². The molecule has 4 aliphatic heterocycles. The van der Waals surface area contributed by atoms with E-state index in [4.69, 9.17) is 65.4 Å². The van der Waals surface area contributed by atoms with Crippen molar-refractivity contribution in [3.8, 4) is 0 Å². The van der Waals surface area contributed by atoms with Crippen LogP contribution in [0.15, 0.2) is 36.4 Å². The van der Waals surface area contributed by atoms with E-state index < -0.39 is 35.6 Å². The fraction of sp³-hybridized carbons (Fsp3) is 0.588. The van der Waals surface area contributed by atoms with Gasteiger partial charge in [0, 0.05) is 51.0 Å². The summed E-state index contributed by atoms with van der Waals surface area (Å²) in [6, 6.07) is 10.9. The summed E-state index contributed by atoms with van der Waals surface area (Å²) in [5.41, 5.74) is -0.584. The van der Waals surface area contributed by atoms with Crippen LogP contribution in [0.3, 0.4) is 0 Å². The summed E-state index contributed by atoms with van der Waals surface area (Å²) in [6.45, 7) is 0.462. The summed E-state index contributed by atoms with van der Waals surface area (Å²) in [4.78, 5) is 27.1. The van der Waals surface area contributed by atoms with Gasteiger partial charge in [0.1, 0.15) is 0 Å². The number of halogens is 4. The van der Waals surface area contributed by atoms with Crippen LogP contribution >= 0.6 is 46.4 Å². The third kappa shape index (κ3) is 7.45. The standard InChI is InChI=1S/C34H40Cl4N2O8.H2O/c1-45-15-23-21(17-3-5-25(35)27(37)11-17)13-19-7-9-33(23,39-19)47-31(43)29(41)30(42)32(44)48-34-10-8-20(40-34)14-22(24(34)16-46-2)18-4-6-26(36)28(38)12-18;/h3-6,11-12,19-24,29-30,39-42H,7-10,13-16H2,1-2H3;1H2/t19-,20-,21+,22+,23+,24+,29?,30?,33+,34+;/m1./s1. The minimum Gasteiger partial charge on any atom is -0.441 e. The smallest absolute Gasteiger partial charge is 0.340 e. The molecule has 11 nitrogen and oxygen atoms in total. The molecule has 4 bridgehead atoms. The Labute approximate surface area is 305 Å². The van der Waals surface area contributed by atoms with Gasteiger partial charge in [-0.3, -0.25) is 10.6 Å². The van der Waals surface area contributed by atoms with Gasteiger partial charge in [0.2, 0.25) is 0 Å². The van der Waals surface area contributed by atoms with E-state index >= 15 is 0 Å². The number of rotatable bonds is 11. The molecule has 0 radical (unpaired) electrons. The highest BCUT2D eigenvalue weighted by molar-refractivity contribution is 6.42. The van der Waals surface area contributed by atoms with Crippen molar-refractivity contribution in [2.75, 3.05) is 27.4 Å². The molecule has 4 heterocycles. The summed E-state index contributed by atoms with van der Waals surface area (Å²) in [6.07, 6.45) is -0.604. The van der Waals surface area contributed by atoms with Crippen LogP contribution in [0.1, 0.15) is 61.5 Å². The Morgan fingerprint density at radius 1 is 0.735 bits per heavy atom. The highest BCUT2D eigenvalue weighted by Crippen LogP contribution is 2.51. The molecule has 2 aromatic carbocycles. The van der Waals surface area contributed by atoms with Crippen LogP contribution in [0.4, 0.5) is 0 Å². The minimum absolute atomic E-state index is 0. The molecular formula is C34H42Cl4N2O9. The largest absolute Gasteiger partial charge is 0.441 e. The van der Waals surface area contributed by atoms with Crippen LogP contribution in [0.5, 0.6) is 0 Å². The van der Waals surface area contributed by atoms with Crippen LogP contribution in [0.2, 0.25) is 20.1 Å². The maximum Gasteiger partial charge on any atom is 0.340 e. The predicted octanol–water partition coefficient (Wildman–Crippen LogP) is 4.38. The zero-order valence-corrected chi connectivity index (χ0v) is 30.1. The highest BCUT2D eigenvalue weighted by Gasteiger charge is 2.58. The number of ether oxygens (including phenoxy) is 4. The lowest BCUT2D eigenvalue weighted by atomic mass is 9.75. The molecule has 6 rings (SSSR count). The quantitative estimate of drug-likeness (QED) is 0.241. The summed E-state index contributed by atoms with van der Waals surface area (Å²) in [5.74, 6) is -3.25. The second-order valence-corrected chi connectivity index (χ2v) is 15.1. The Bertz CT molecular complexity index is 1420. The van der Waals surface area contributed by atoms with Gasteiger partial charge in [-0.1, -0.05) is 58.5 Å². The van der Waals surface area contributed by atoms with Crippen molar-refractivity contribution in [1.29, 1.82) is 0 Å². The Morgan fingerprint density at radius 2 is 1.12 bits per heavy atom. The second kappa shape index (κ2) is 15.5. The Balaban J connectivity index is 0.00000468. The Morgan fingerprint density at radius 3 is 1.47 bits per heavy atom.